The van der Waals surface area contributed by atoms with E-state index in [0.29, 0.717) is 17.2 Å². The molecule has 27 heavy (non-hydrogen) atoms. The molecule has 0 atom stereocenters. The van der Waals surface area contributed by atoms with E-state index >= 15 is 0 Å². The molecule has 0 saturated carbocycles. The molecular weight excluding hydrogens is 336 g/mol. The molecule has 0 fully saturated rings. The summed E-state index contributed by atoms with van der Waals surface area (Å²) in [5, 5.41) is 22.1. The molecule has 1 heterocycles. The number of rotatable bonds is 5. The van der Waals surface area contributed by atoms with Crippen molar-refractivity contribution in [2.45, 2.75) is 33.6 Å². The van der Waals surface area contributed by atoms with Crippen molar-refractivity contribution in [3.8, 4) is 5.75 Å². The number of H-pyrrole nitrogens is 1. The molecule has 140 valence electrons. The van der Waals surface area contributed by atoms with Crippen LogP contribution in [-0.2, 0) is 0 Å². The van der Waals surface area contributed by atoms with E-state index in [1.165, 1.54) is 0 Å². The van der Waals surface area contributed by atoms with Crippen molar-refractivity contribution in [1.82, 2.24) is 4.98 Å². The first kappa shape index (κ1) is 18.6. The lowest BCUT2D eigenvalue weighted by Gasteiger charge is -2.28. The maximum Gasteiger partial charge on any atom is 0.188 e. The zero-order valence-corrected chi connectivity index (χ0v) is 16.2. The average molecular weight is 362 g/mol. The molecule has 1 aromatic heterocycles. The summed E-state index contributed by atoms with van der Waals surface area (Å²) in [4.78, 5) is 4.86. The summed E-state index contributed by atoms with van der Waals surface area (Å²) in [6, 6.07) is 11.6. The van der Waals surface area contributed by atoms with Crippen molar-refractivity contribution in [3.63, 3.8) is 0 Å². The normalized spacial score (nSPS) is 12.0. The van der Waals surface area contributed by atoms with E-state index in [9.17, 15) is 10.2 Å². The van der Waals surface area contributed by atoms with Gasteiger partial charge in [0.25, 0.3) is 0 Å². The molecule has 2 aromatic carbocycles. The van der Waals surface area contributed by atoms with Gasteiger partial charge in [-0.3, -0.25) is 4.90 Å². The number of phenolic OH excluding ortho intramolecular Hbond substituents is 1. The molecule has 0 bridgehead atoms. The van der Waals surface area contributed by atoms with Gasteiger partial charge in [-0.1, -0.05) is 26.0 Å². The summed E-state index contributed by atoms with van der Waals surface area (Å²) in [5.41, 5.74) is 5.30. The van der Waals surface area contributed by atoms with Crippen LogP contribution in [0.15, 0.2) is 61.1 Å². The fourth-order valence-electron chi connectivity index (χ4n) is 3.61. The molecule has 0 aliphatic rings. The van der Waals surface area contributed by atoms with Crippen LogP contribution >= 0.6 is 0 Å². The molecule has 0 amide bonds. The SMILES string of the molecule is C=C(O)N(/C(=C\C)c1cc(C(C)C)c(C)cc1O)c1cccc2[nH]ccc12. The van der Waals surface area contributed by atoms with Gasteiger partial charge in [0, 0.05) is 22.7 Å². The van der Waals surface area contributed by atoms with Gasteiger partial charge in [-0.25, -0.2) is 0 Å². The molecule has 0 spiro atoms. The van der Waals surface area contributed by atoms with Crippen LogP contribution in [0.1, 0.15) is 43.4 Å². The predicted molar refractivity (Wildman–Crippen MR) is 113 cm³/mol. The molecule has 0 aliphatic carbocycles. The zero-order valence-electron chi connectivity index (χ0n) is 16.2. The number of nitrogens with zero attached hydrogens (tertiary/aromatic N) is 1. The van der Waals surface area contributed by atoms with Crippen LogP contribution in [-0.4, -0.2) is 15.2 Å². The Hall–Kier alpha value is -3.14. The summed E-state index contributed by atoms with van der Waals surface area (Å²) < 4.78 is 0. The lowest BCUT2D eigenvalue weighted by Crippen LogP contribution is -2.20. The summed E-state index contributed by atoms with van der Waals surface area (Å²) in [7, 11) is 0. The van der Waals surface area contributed by atoms with Gasteiger partial charge in [-0.05, 0) is 67.8 Å². The Morgan fingerprint density at radius 3 is 2.59 bits per heavy atom. The van der Waals surface area contributed by atoms with E-state index in [0.717, 1.165) is 27.7 Å². The second kappa shape index (κ2) is 7.23. The van der Waals surface area contributed by atoms with Crippen molar-refractivity contribution in [3.05, 3.63) is 77.8 Å². The first-order chi connectivity index (χ1) is 12.8. The maximum absolute atomic E-state index is 10.7. The molecule has 4 heteroatoms. The molecule has 0 unspecified atom stereocenters. The first-order valence-corrected chi connectivity index (χ1v) is 9.09. The quantitative estimate of drug-likeness (QED) is 0.473. The second-order valence-electron chi connectivity index (χ2n) is 7.02. The Balaban J connectivity index is 2.23. The predicted octanol–water partition coefficient (Wildman–Crippen LogP) is 6.20. The van der Waals surface area contributed by atoms with Gasteiger partial charge in [0.05, 0.1) is 11.4 Å². The number of hydrogen-bond acceptors (Lipinski definition) is 3. The molecule has 4 nitrogen and oxygen atoms in total. The number of aromatic nitrogens is 1. The molecule has 3 rings (SSSR count). The molecule has 0 aliphatic heterocycles. The molecule has 3 aromatic rings. The second-order valence-corrected chi connectivity index (χ2v) is 7.02. The van der Waals surface area contributed by atoms with Crippen LogP contribution in [0.4, 0.5) is 5.69 Å². The van der Waals surface area contributed by atoms with Gasteiger partial charge >= 0.3 is 0 Å². The van der Waals surface area contributed by atoms with Crippen molar-refractivity contribution in [2.24, 2.45) is 0 Å². The number of benzene rings is 2. The lowest BCUT2D eigenvalue weighted by molar-refractivity contribution is 0.406. The number of aromatic amines is 1. The van der Waals surface area contributed by atoms with Gasteiger partial charge in [0.2, 0.25) is 0 Å². The fraction of sp³-hybridized carbons (Fsp3) is 0.217. The molecule has 3 N–H and O–H groups in total. The molecule has 0 radical (unpaired) electrons. The minimum Gasteiger partial charge on any atom is -0.507 e. The number of fused-ring (bicyclic) bond motifs is 1. The van der Waals surface area contributed by atoms with Crippen molar-refractivity contribution >= 4 is 22.3 Å². The average Bonchev–Trinajstić information content (AvgIpc) is 3.08. The number of anilines is 1. The van der Waals surface area contributed by atoms with E-state index in [1.54, 1.807) is 11.0 Å². The number of aliphatic hydroxyl groups excluding tert-OH is 1. The minimum atomic E-state index is -0.108. The van der Waals surface area contributed by atoms with Gasteiger partial charge in [0.1, 0.15) is 5.75 Å². The third-order valence-corrected chi connectivity index (χ3v) is 4.87. The number of phenols is 1. The van der Waals surface area contributed by atoms with Crippen molar-refractivity contribution in [2.75, 3.05) is 4.90 Å². The standard InChI is InChI=1S/C23H26N2O2/c1-6-21(19-13-18(14(2)3)15(4)12-23(19)27)25(16(5)26)22-9-7-8-20-17(22)10-11-24-20/h6-14,24,26-27H,5H2,1-4H3/b21-6-. The maximum atomic E-state index is 10.7. The largest absolute Gasteiger partial charge is 0.507 e. The lowest BCUT2D eigenvalue weighted by atomic mass is 9.93. The van der Waals surface area contributed by atoms with Crippen LogP contribution in [0.2, 0.25) is 0 Å². The van der Waals surface area contributed by atoms with E-state index in [-0.39, 0.29) is 11.6 Å². The van der Waals surface area contributed by atoms with Crippen molar-refractivity contribution < 1.29 is 10.2 Å². The monoisotopic (exact) mass is 362 g/mol. The number of aromatic hydroxyl groups is 1. The van der Waals surface area contributed by atoms with E-state index in [2.05, 4.69) is 25.4 Å². The van der Waals surface area contributed by atoms with Gasteiger partial charge in [-0.2, -0.15) is 0 Å². The van der Waals surface area contributed by atoms with E-state index < -0.39 is 0 Å². The van der Waals surface area contributed by atoms with Gasteiger partial charge < -0.3 is 15.2 Å². The summed E-state index contributed by atoms with van der Waals surface area (Å²) in [6.45, 7) is 11.9. The Bertz CT molecular complexity index is 1030. The third-order valence-electron chi connectivity index (χ3n) is 4.87. The first-order valence-electron chi connectivity index (χ1n) is 9.09. The third kappa shape index (κ3) is 3.31. The number of aliphatic hydroxyl groups is 1. The highest BCUT2D eigenvalue weighted by Crippen LogP contribution is 2.39. The summed E-state index contributed by atoms with van der Waals surface area (Å²) >= 11 is 0. The Morgan fingerprint density at radius 1 is 1.22 bits per heavy atom. The van der Waals surface area contributed by atoms with Gasteiger partial charge in [0.15, 0.2) is 5.88 Å². The summed E-state index contributed by atoms with van der Waals surface area (Å²) in [6.07, 6.45) is 3.74. The number of allylic oxidation sites excluding steroid dienone is 1. The van der Waals surface area contributed by atoms with E-state index in [4.69, 9.17) is 0 Å². The highest BCUT2D eigenvalue weighted by Gasteiger charge is 2.22. The minimum absolute atomic E-state index is 0.108. The number of nitrogens with one attached hydrogen (secondary N) is 1. The number of hydrogen-bond donors (Lipinski definition) is 3. The van der Waals surface area contributed by atoms with Gasteiger partial charge in [-0.15, -0.1) is 0 Å². The highest BCUT2D eigenvalue weighted by molar-refractivity contribution is 5.98. The Kier molecular flexibility index (Phi) is 5.00. The van der Waals surface area contributed by atoms with Crippen LogP contribution < -0.4 is 4.90 Å². The molecular formula is C23H26N2O2. The fourth-order valence-corrected chi connectivity index (χ4v) is 3.61. The highest BCUT2D eigenvalue weighted by atomic mass is 16.3. The number of aryl methyl sites for hydroxylation is 1. The van der Waals surface area contributed by atoms with Crippen molar-refractivity contribution in [1.29, 1.82) is 0 Å². The smallest absolute Gasteiger partial charge is 0.188 e. The van der Waals surface area contributed by atoms with Crippen LogP contribution in [0.25, 0.3) is 16.6 Å². The van der Waals surface area contributed by atoms with Crippen LogP contribution in [0.5, 0.6) is 5.75 Å². The van der Waals surface area contributed by atoms with E-state index in [1.807, 2.05) is 56.5 Å². The topological polar surface area (TPSA) is 59.5 Å². The molecule has 0 saturated heterocycles. The Labute approximate surface area is 160 Å². The zero-order chi connectivity index (χ0) is 19.7. The Morgan fingerprint density at radius 2 is 1.96 bits per heavy atom. The summed E-state index contributed by atoms with van der Waals surface area (Å²) in [5.74, 6) is 0.390. The van der Waals surface area contributed by atoms with Crippen LogP contribution in [0, 0.1) is 6.92 Å². The van der Waals surface area contributed by atoms with Crippen LogP contribution in [0.3, 0.4) is 0 Å².